The summed E-state index contributed by atoms with van der Waals surface area (Å²) in [6.07, 6.45) is 1.64. The highest BCUT2D eigenvalue weighted by molar-refractivity contribution is 5.95. The number of nitrogens with one attached hydrogen (secondary N) is 4. The molecule has 0 aliphatic heterocycles. The zero-order valence-electron chi connectivity index (χ0n) is 23.2. The number of carboxylic acids is 1. The minimum absolute atomic E-state index is 0.0306. The number of carbonyl (C=O) groups is 6. The largest absolute Gasteiger partial charge is 0.481 e. The van der Waals surface area contributed by atoms with Crippen LogP contribution in [0.2, 0.25) is 0 Å². The van der Waals surface area contributed by atoms with Crippen LogP contribution in [0.4, 0.5) is 0 Å². The number of carboxylic acid groups (broad SMARTS) is 1. The molecule has 13 nitrogen and oxygen atoms in total. The van der Waals surface area contributed by atoms with Gasteiger partial charge in [0.2, 0.25) is 29.5 Å². The van der Waals surface area contributed by atoms with Crippen LogP contribution in [0.1, 0.15) is 79.6 Å². The van der Waals surface area contributed by atoms with Gasteiger partial charge in [-0.15, -0.1) is 0 Å². The Morgan fingerprint density at radius 3 is 1.82 bits per heavy atom. The summed E-state index contributed by atoms with van der Waals surface area (Å²) in [7, 11) is 0. The smallest absolute Gasteiger partial charge is 0.303 e. The molecule has 0 spiro atoms. The number of amides is 5. The van der Waals surface area contributed by atoms with E-state index < -0.39 is 53.8 Å². The fourth-order valence-electron chi connectivity index (χ4n) is 3.74. The first-order chi connectivity index (χ1) is 17.7. The molecule has 38 heavy (non-hydrogen) atoms. The van der Waals surface area contributed by atoms with Crippen molar-refractivity contribution in [3.05, 3.63) is 0 Å². The van der Waals surface area contributed by atoms with Crippen molar-refractivity contribution in [2.45, 2.75) is 104 Å². The summed E-state index contributed by atoms with van der Waals surface area (Å²) in [5, 5.41) is 19.3. The second-order valence-electron chi connectivity index (χ2n) is 10.00. The molecule has 9 N–H and O–H groups in total. The Hall–Kier alpha value is -3.22. The van der Waals surface area contributed by atoms with Gasteiger partial charge in [0.05, 0.1) is 0 Å². The molecule has 5 atom stereocenters. The third kappa shape index (κ3) is 13.9. The maximum Gasteiger partial charge on any atom is 0.303 e. The molecule has 0 aromatic heterocycles. The third-order valence-corrected chi connectivity index (χ3v) is 6.08. The molecule has 218 valence electrons. The van der Waals surface area contributed by atoms with Crippen LogP contribution < -0.4 is 32.7 Å². The van der Waals surface area contributed by atoms with Crippen molar-refractivity contribution in [1.82, 2.24) is 21.3 Å². The topological polar surface area (TPSA) is 223 Å². The number of hydrogen-bond donors (Lipinski definition) is 7. The molecule has 0 aromatic rings. The van der Waals surface area contributed by atoms with E-state index in [4.69, 9.17) is 16.6 Å². The van der Waals surface area contributed by atoms with Gasteiger partial charge in [0.25, 0.3) is 0 Å². The molecule has 0 bridgehead atoms. The fraction of sp³-hybridized carbons (Fsp3) is 0.760. The van der Waals surface area contributed by atoms with E-state index in [1.807, 2.05) is 27.7 Å². The standard InChI is InChI=1S/C25H46N6O7/c1-6-15(4)21(28-16(5)32)25(38)30-18(9-7-8-12-26)23(36)31-19(13-14(2)3)24(37)29-17(22(27)35)10-11-20(33)34/h14-15,17-19,21H,6-13,26H2,1-5H3,(H2,27,35)(H,28,32)(H,29,37)(H,30,38)(H,31,36)(H,33,34)/t15-,17-,18-,19-,21-/m0/s1. The van der Waals surface area contributed by atoms with Crippen molar-refractivity contribution in [3.63, 3.8) is 0 Å². The maximum atomic E-state index is 13.3. The van der Waals surface area contributed by atoms with Gasteiger partial charge in [-0.25, -0.2) is 0 Å². The normalized spacial score (nSPS) is 14.9. The number of unbranched alkanes of at least 4 members (excludes halogenated alkanes) is 1. The molecule has 0 radical (unpaired) electrons. The zero-order valence-corrected chi connectivity index (χ0v) is 23.2. The molecule has 0 fully saturated rings. The molecule has 0 rings (SSSR count). The van der Waals surface area contributed by atoms with Crippen molar-refractivity contribution in [3.8, 4) is 0 Å². The number of aliphatic carboxylic acids is 1. The molecule has 5 amide bonds. The molecule has 0 saturated carbocycles. The van der Waals surface area contributed by atoms with Gasteiger partial charge in [0.1, 0.15) is 24.2 Å². The van der Waals surface area contributed by atoms with Crippen molar-refractivity contribution in [2.24, 2.45) is 23.3 Å². The summed E-state index contributed by atoms with van der Waals surface area (Å²) < 4.78 is 0. The summed E-state index contributed by atoms with van der Waals surface area (Å²) in [4.78, 5) is 73.7. The van der Waals surface area contributed by atoms with E-state index in [0.717, 1.165) is 0 Å². The van der Waals surface area contributed by atoms with Gasteiger partial charge >= 0.3 is 5.97 Å². The van der Waals surface area contributed by atoms with Crippen LogP contribution in [0.25, 0.3) is 0 Å². The number of hydrogen-bond acceptors (Lipinski definition) is 7. The molecular formula is C25H46N6O7. The average molecular weight is 543 g/mol. The van der Waals surface area contributed by atoms with Gasteiger partial charge in [-0.3, -0.25) is 28.8 Å². The van der Waals surface area contributed by atoms with E-state index in [1.165, 1.54) is 6.92 Å². The Morgan fingerprint density at radius 1 is 0.789 bits per heavy atom. The minimum atomic E-state index is -1.22. The van der Waals surface area contributed by atoms with Gasteiger partial charge in [0, 0.05) is 13.3 Å². The summed E-state index contributed by atoms with van der Waals surface area (Å²) >= 11 is 0. The molecule has 0 saturated heterocycles. The van der Waals surface area contributed by atoms with Crippen LogP contribution >= 0.6 is 0 Å². The zero-order chi connectivity index (χ0) is 29.4. The van der Waals surface area contributed by atoms with E-state index in [0.29, 0.717) is 25.8 Å². The third-order valence-electron chi connectivity index (χ3n) is 6.08. The van der Waals surface area contributed by atoms with E-state index >= 15 is 0 Å². The monoisotopic (exact) mass is 542 g/mol. The van der Waals surface area contributed by atoms with Gasteiger partial charge < -0.3 is 37.8 Å². The Labute approximate surface area is 224 Å². The highest BCUT2D eigenvalue weighted by Gasteiger charge is 2.32. The van der Waals surface area contributed by atoms with Crippen LogP contribution in [0.5, 0.6) is 0 Å². The van der Waals surface area contributed by atoms with Crippen LogP contribution in [0.3, 0.4) is 0 Å². The van der Waals surface area contributed by atoms with Crippen LogP contribution in [0, 0.1) is 11.8 Å². The Kier molecular flexibility index (Phi) is 16.6. The SMILES string of the molecule is CC[C@H](C)[C@H](NC(C)=O)C(=O)N[C@@H](CCCCN)C(=O)N[C@@H](CC(C)C)C(=O)N[C@@H](CCC(=O)O)C(N)=O. The Morgan fingerprint density at radius 2 is 1.34 bits per heavy atom. The van der Waals surface area contributed by atoms with Crippen LogP contribution in [-0.2, 0) is 28.8 Å². The summed E-state index contributed by atoms with van der Waals surface area (Å²) in [6.45, 7) is 9.07. The molecule has 0 unspecified atom stereocenters. The number of carbonyl (C=O) groups excluding carboxylic acids is 5. The molecule has 13 heteroatoms. The lowest BCUT2D eigenvalue weighted by molar-refractivity contribution is -0.138. The quantitative estimate of drug-likeness (QED) is 0.105. The van der Waals surface area contributed by atoms with Gasteiger partial charge in [0.15, 0.2) is 0 Å². The van der Waals surface area contributed by atoms with E-state index in [9.17, 15) is 28.8 Å². The minimum Gasteiger partial charge on any atom is -0.481 e. The number of nitrogens with two attached hydrogens (primary N) is 2. The average Bonchev–Trinajstić information content (AvgIpc) is 2.82. The predicted molar refractivity (Wildman–Crippen MR) is 141 cm³/mol. The molecule has 0 aromatic carbocycles. The summed E-state index contributed by atoms with van der Waals surface area (Å²) in [5.41, 5.74) is 10.9. The second-order valence-corrected chi connectivity index (χ2v) is 10.00. The maximum absolute atomic E-state index is 13.3. The van der Waals surface area contributed by atoms with Crippen molar-refractivity contribution in [1.29, 1.82) is 0 Å². The lowest BCUT2D eigenvalue weighted by Gasteiger charge is -2.28. The Bertz CT molecular complexity index is 820. The van der Waals surface area contributed by atoms with Gasteiger partial charge in [-0.2, -0.15) is 0 Å². The van der Waals surface area contributed by atoms with E-state index in [-0.39, 0.29) is 43.4 Å². The summed E-state index contributed by atoms with van der Waals surface area (Å²) in [5.74, 6) is -4.46. The molecule has 0 heterocycles. The molecular weight excluding hydrogens is 496 g/mol. The van der Waals surface area contributed by atoms with Crippen LogP contribution in [0.15, 0.2) is 0 Å². The van der Waals surface area contributed by atoms with Gasteiger partial charge in [-0.1, -0.05) is 34.1 Å². The highest BCUT2D eigenvalue weighted by atomic mass is 16.4. The highest BCUT2D eigenvalue weighted by Crippen LogP contribution is 2.11. The van der Waals surface area contributed by atoms with Crippen LogP contribution in [-0.4, -0.2) is 71.3 Å². The first kappa shape index (κ1) is 34.8. The second kappa shape index (κ2) is 18.1. The first-order valence-corrected chi connectivity index (χ1v) is 13.1. The van der Waals surface area contributed by atoms with Crippen molar-refractivity contribution >= 4 is 35.5 Å². The number of rotatable bonds is 19. The lowest BCUT2D eigenvalue weighted by atomic mass is 9.97. The first-order valence-electron chi connectivity index (χ1n) is 13.1. The molecule has 0 aliphatic rings. The van der Waals surface area contributed by atoms with Crippen molar-refractivity contribution < 1.29 is 33.9 Å². The number of primary amides is 1. The fourth-order valence-corrected chi connectivity index (χ4v) is 3.74. The predicted octanol–water partition coefficient (Wildman–Crippen LogP) is -0.483. The Balaban J connectivity index is 5.77. The summed E-state index contributed by atoms with van der Waals surface area (Å²) in [6, 6.07) is -4.14. The van der Waals surface area contributed by atoms with E-state index in [1.54, 1.807) is 0 Å². The lowest BCUT2D eigenvalue weighted by Crippen LogP contribution is -2.59. The molecule has 0 aliphatic carbocycles. The van der Waals surface area contributed by atoms with E-state index in [2.05, 4.69) is 21.3 Å². The van der Waals surface area contributed by atoms with Gasteiger partial charge in [-0.05, 0) is 50.5 Å². The van der Waals surface area contributed by atoms with Crippen molar-refractivity contribution in [2.75, 3.05) is 6.54 Å².